The molecule has 1 atom stereocenters. The van der Waals surface area contributed by atoms with Gasteiger partial charge in [-0.3, -0.25) is 5.32 Å². The Balaban J connectivity index is 0.000000176. The highest BCUT2D eigenvalue weighted by Crippen LogP contribution is 2.46. The molecule has 4 rings (SSSR count). The van der Waals surface area contributed by atoms with Crippen molar-refractivity contribution in [2.24, 2.45) is 0 Å². The number of thioether (sulfide) groups is 1. The molecule has 7 nitrogen and oxygen atoms in total. The highest BCUT2D eigenvalue weighted by molar-refractivity contribution is 8.00. The minimum Gasteiger partial charge on any atom is -0.493 e. The van der Waals surface area contributed by atoms with Gasteiger partial charge in [0, 0.05) is 11.0 Å². The highest BCUT2D eigenvalue weighted by atomic mass is 32.2. The Morgan fingerprint density at radius 2 is 1.77 bits per heavy atom. The van der Waals surface area contributed by atoms with E-state index in [1.165, 1.54) is 4.90 Å². The largest absolute Gasteiger partial charge is 0.493 e. The molecular formula is C22H28N2O5S2. The van der Waals surface area contributed by atoms with Crippen LogP contribution in [0.25, 0.3) is 0 Å². The minimum absolute atomic E-state index is 0.102. The number of carbonyl (C=O) groups is 1. The normalized spacial score (nSPS) is 18.1. The summed E-state index contributed by atoms with van der Waals surface area (Å²) in [7, 11) is 2.07. The van der Waals surface area contributed by atoms with E-state index in [1.807, 2.05) is 19.2 Å². The molecule has 9 heteroatoms. The third kappa shape index (κ3) is 4.99. The molecule has 0 spiro atoms. The van der Waals surface area contributed by atoms with Crippen LogP contribution in [0.4, 0.5) is 5.69 Å². The van der Waals surface area contributed by atoms with Gasteiger partial charge in [0.15, 0.2) is 21.3 Å². The van der Waals surface area contributed by atoms with Crippen LogP contribution in [0.1, 0.15) is 25.3 Å². The average Bonchev–Trinajstić information content (AvgIpc) is 3.51. The van der Waals surface area contributed by atoms with Crippen molar-refractivity contribution >= 4 is 33.6 Å². The molecule has 1 saturated carbocycles. The van der Waals surface area contributed by atoms with Crippen LogP contribution < -0.4 is 20.1 Å². The molecule has 1 fully saturated rings. The maximum Gasteiger partial charge on any atom is 0.178 e. The summed E-state index contributed by atoms with van der Waals surface area (Å²) in [5.41, 5.74) is 1.90. The van der Waals surface area contributed by atoms with Gasteiger partial charge in [-0.25, -0.2) is 8.42 Å². The molecule has 0 amide bonds. The molecule has 2 aliphatic rings. The molecule has 2 N–H and O–H groups in total. The first-order chi connectivity index (χ1) is 14.8. The molecule has 0 aromatic heterocycles. The van der Waals surface area contributed by atoms with Crippen LogP contribution in [0.5, 0.6) is 11.5 Å². The summed E-state index contributed by atoms with van der Waals surface area (Å²) in [6, 6.07) is 10.6. The maximum atomic E-state index is 11.6. The predicted molar refractivity (Wildman–Crippen MR) is 123 cm³/mol. The van der Waals surface area contributed by atoms with Gasteiger partial charge in [-0.1, -0.05) is 30.8 Å². The monoisotopic (exact) mass is 464 g/mol. The Hall–Kier alpha value is -2.23. The second-order valence-electron chi connectivity index (χ2n) is 7.34. The zero-order chi connectivity index (χ0) is 22.6. The van der Waals surface area contributed by atoms with Crippen LogP contribution in [-0.4, -0.2) is 47.2 Å². The SMILES string of the molecule is CCS(=O)(=O)c1ccc(C2(C=O)CC2)cc1.CNC1Nc2cc(OC)c(OC)cc2S1. The van der Waals surface area contributed by atoms with Crippen molar-refractivity contribution < 1.29 is 22.7 Å². The van der Waals surface area contributed by atoms with Crippen molar-refractivity contribution in [3.63, 3.8) is 0 Å². The van der Waals surface area contributed by atoms with Crippen LogP contribution in [-0.2, 0) is 20.0 Å². The van der Waals surface area contributed by atoms with Crippen molar-refractivity contribution in [3.05, 3.63) is 42.0 Å². The van der Waals surface area contributed by atoms with Crippen molar-refractivity contribution in [2.45, 2.75) is 40.5 Å². The first-order valence-electron chi connectivity index (χ1n) is 9.98. The molecule has 0 saturated heterocycles. The molecule has 2 aromatic carbocycles. The number of anilines is 1. The third-order valence-electron chi connectivity index (χ3n) is 5.46. The van der Waals surface area contributed by atoms with E-state index >= 15 is 0 Å². The molecule has 2 aromatic rings. The summed E-state index contributed by atoms with van der Waals surface area (Å²) in [6.45, 7) is 1.62. The van der Waals surface area contributed by atoms with Crippen LogP contribution in [0.2, 0.25) is 0 Å². The summed E-state index contributed by atoms with van der Waals surface area (Å²) < 4.78 is 33.6. The van der Waals surface area contributed by atoms with Crippen LogP contribution in [0.15, 0.2) is 46.2 Å². The lowest BCUT2D eigenvalue weighted by atomic mass is 9.98. The molecule has 0 bridgehead atoms. The Morgan fingerprint density at radius 1 is 1.16 bits per heavy atom. The van der Waals surface area contributed by atoms with Gasteiger partial charge >= 0.3 is 0 Å². The van der Waals surface area contributed by atoms with E-state index in [1.54, 1.807) is 57.2 Å². The number of nitrogens with one attached hydrogen (secondary N) is 2. The number of sulfone groups is 1. The summed E-state index contributed by atoms with van der Waals surface area (Å²) in [5, 5.41) is 6.48. The summed E-state index contributed by atoms with van der Waals surface area (Å²) in [5.74, 6) is 1.62. The summed E-state index contributed by atoms with van der Waals surface area (Å²) in [6.07, 6.45) is 2.71. The number of hydrogen-bond acceptors (Lipinski definition) is 8. The Morgan fingerprint density at radius 3 is 2.26 bits per heavy atom. The van der Waals surface area contributed by atoms with Crippen LogP contribution >= 0.6 is 11.8 Å². The molecule has 31 heavy (non-hydrogen) atoms. The zero-order valence-corrected chi connectivity index (χ0v) is 19.7. The highest BCUT2D eigenvalue weighted by Gasteiger charge is 2.44. The molecule has 1 aliphatic heterocycles. The maximum absolute atomic E-state index is 11.6. The first-order valence-corrected chi connectivity index (χ1v) is 12.5. The summed E-state index contributed by atoms with van der Waals surface area (Å²) in [4.78, 5) is 12.4. The smallest absolute Gasteiger partial charge is 0.178 e. The van der Waals surface area contributed by atoms with Crippen molar-refractivity contribution in [1.82, 2.24) is 5.32 Å². The second-order valence-corrected chi connectivity index (χ2v) is 10.8. The van der Waals surface area contributed by atoms with E-state index in [-0.39, 0.29) is 16.7 Å². The van der Waals surface area contributed by atoms with E-state index in [0.717, 1.165) is 41.9 Å². The Bertz CT molecular complexity index is 1000. The van der Waals surface area contributed by atoms with E-state index in [4.69, 9.17) is 9.47 Å². The number of ether oxygens (including phenoxy) is 2. The van der Waals surface area contributed by atoms with Gasteiger partial charge in [0.05, 0.1) is 36.0 Å². The number of aldehydes is 1. The number of hydrogen-bond donors (Lipinski definition) is 2. The molecule has 0 radical (unpaired) electrons. The van der Waals surface area contributed by atoms with Crippen molar-refractivity contribution in [3.8, 4) is 11.5 Å². The van der Waals surface area contributed by atoms with Gasteiger partial charge in [-0.05, 0) is 43.7 Å². The zero-order valence-electron chi connectivity index (χ0n) is 18.1. The fourth-order valence-corrected chi connectivity index (χ4v) is 5.13. The van der Waals surface area contributed by atoms with E-state index in [0.29, 0.717) is 4.90 Å². The van der Waals surface area contributed by atoms with Crippen molar-refractivity contribution in [1.29, 1.82) is 0 Å². The number of rotatable bonds is 7. The number of carbonyl (C=O) groups excluding carboxylic acids is 1. The molecule has 1 heterocycles. The standard InChI is InChI=1S/C12H14O3S.C10H14N2O2S/c1-2-16(14,15)11-5-3-10(4-6-11)12(9-13)7-8-12;1-11-10-12-6-4-7(13-2)8(14-3)5-9(6)15-10/h3-6,9H,2,7-8H2,1H3;4-5,10-12H,1-3H3. The number of methoxy groups -OCH3 is 2. The Labute approximate surface area is 187 Å². The first kappa shape index (κ1) is 23.4. The second kappa shape index (κ2) is 9.50. The molecule has 168 valence electrons. The lowest BCUT2D eigenvalue weighted by Crippen LogP contribution is -2.26. The fourth-order valence-electron chi connectivity index (χ4n) is 3.27. The average molecular weight is 465 g/mol. The van der Waals surface area contributed by atoms with Gasteiger partial charge < -0.3 is 19.6 Å². The minimum atomic E-state index is -3.14. The van der Waals surface area contributed by atoms with Crippen LogP contribution in [0, 0.1) is 0 Å². The summed E-state index contributed by atoms with van der Waals surface area (Å²) >= 11 is 1.73. The number of benzene rings is 2. The topological polar surface area (TPSA) is 93.7 Å². The molecular weight excluding hydrogens is 436 g/mol. The van der Waals surface area contributed by atoms with E-state index in [2.05, 4.69) is 10.6 Å². The quantitative estimate of drug-likeness (QED) is 0.602. The number of fused-ring (bicyclic) bond motifs is 1. The van der Waals surface area contributed by atoms with Gasteiger partial charge in [0.2, 0.25) is 0 Å². The third-order valence-corrected chi connectivity index (χ3v) is 8.39. The van der Waals surface area contributed by atoms with Gasteiger partial charge in [-0.2, -0.15) is 0 Å². The lowest BCUT2D eigenvalue weighted by molar-refractivity contribution is -0.109. The Kier molecular flexibility index (Phi) is 7.18. The van der Waals surface area contributed by atoms with Gasteiger partial charge in [-0.15, -0.1) is 0 Å². The van der Waals surface area contributed by atoms with Gasteiger partial charge in [0.1, 0.15) is 11.8 Å². The van der Waals surface area contributed by atoms with Crippen LogP contribution in [0.3, 0.4) is 0 Å². The molecule has 1 aliphatic carbocycles. The van der Waals surface area contributed by atoms with Crippen molar-refractivity contribution in [2.75, 3.05) is 32.3 Å². The van der Waals surface area contributed by atoms with Gasteiger partial charge in [0.25, 0.3) is 0 Å². The fraction of sp³-hybridized carbons (Fsp3) is 0.409. The van der Waals surface area contributed by atoms with E-state index in [9.17, 15) is 13.2 Å². The predicted octanol–water partition coefficient (Wildman–Crippen LogP) is 3.44. The lowest BCUT2D eigenvalue weighted by Gasteiger charge is -2.09. The van der Waals surface area contributed by atoms with E-state index < -0.39 is 9.84 Å². The molecule has 1 unspecified atom stereocenters.